The Kier molecular flexibility index (Phi) is 3.12. The average molecular weight is 303 g/mol. The van der Waals surface area contributed by atoms with E-state index in [2.05, 4.69) is 27.7 Å². The van der Waals surface area contributed by atoms with Gasteiger partial charge in [-0.15, -0.1) is 0 Å². The molecule has 1 aliphatic heterocycles. The van der Waals surface area contributed by atoms with Gasteiger partial charge in [0.05, 0.1) is 6.20 Å². The normalized spacial score (nSPS) is 13.2. The van der Waals surface area contributed by atoms with E-state index in [4.69, 9.17) is 5.73 Å². The molecule has 0 radical (unpaired) electrons. The maximum atomic E-state index is 5.89. The maximum absolute atomic E-state index is 5.89. The number of hydrogen-bond donors (Lipinski definition) is 2. The molecule has 0 saturated heterocycles. The summed E-state index contributed by atoms with van der Waals surface area (Å²) in [5.74, 6) is 0.991. The summed E-state index contributed by atoms with van der Waals surface area (Å²) in [6.07, 6.45) is 5.77. The van der Waals surface area contributed by atoms with Crippen molar-refractivity contribution in [3.8, 4) is 11.1 Å². The van der Waals surface area contributed by atoms with E-state index < -0.39 is 0 Å². The van der Waals surface area contributed by atoms with Gasteiger partial charge in [0.1, 0.15) is 5.82 Å². The first-order chi connectivity index (χ1) is 11.2. The largest absolute Gasteiger partial charge is 0.399 e. The molecule has 23 heavy (non-hydrogen) atoms. The zero-order chi connectivity index (χ0) is 15.8. The number of nitrogens with two attached hydrogens (primary N) is 1. The standard InChI is InChI=1S/C18H17N5/c1-12-7-13(5-6-20-12)15-9-21-18-17(10-22-23(18)11-15)14-3-2-4-16(19)8-14/h2-8,10-11,21H,9,19H2,1H3. The van der Waals surface area contributed by atoms with Gasteiger partial charge in [-0.1, -0.05) is 12.1 Å². The second kappa shape index (κ2) is 5.28. The van der Waals surface area contributed by atoms with Crippen molar-refractivity contribution in [2.75, 3.05) is 17.6 Å². The molecule has 5 heteroatoms. The van der Waals surface area contributed by atoms with Gasteiger partial charge in [0.25, 0.3) is 0 Å². The molecule has 3 aromatic rings. The van der Waals surface area contributed by atoms with Crippen molar-refractivity contribution in [3.05, 3.63) is 60.0 Å². The second-order valence-electron chi connectivity index (χ2n) is 5.67. The Morgan fingerprint density at radius 2 is 2.09 bits per heavy atom. The molecule has 0 amide bonds. The minimum Gasteiger partial charge on any atom is -0.399 e. The maximum Gasteiger partial charge on any atom is 0.137 e. The van der Waals surface area contributed by atoms with Gasteiger partial charge < -0.3 is 11.1 Å². The second-order valence-corrected chi connectivity index (χ2v) is 5.67. The summed E-state index contributed by atoms with van der Waals surface area (Å²) < 4.78 is 1.88. The molecular weight excluding hydrogens is 286 g/mol. The van der Waals surface area contributed by atoms with Crippen LogP contribution in [0.5, 0.6) is 0 Å². The van der Waals surface area contributed by atoms with Crippen LogP contribution in [0.2, 0.25) is 0 Å². The van der Waals surface area contributed by atoms with E-state index in [1.807, 2.05) is 54.3 Å². The Hall–Kier alpha value is -3.08. The molecule has 3 N–H and O–H groups in total. The average Bonchev–Trinajstić information content (AvgIpc) is 2.98. The van der Waals surface area contributed by atoms with Crippen LogP contribution >= 0.6 is 0 Å². The summed E-state index contributed by atoms with van der Waals surface area (Å²) in [7, 11) is 0. The van der Waals surface area contributed by atoms with Crippen LogP contribution in [0.4, 0.5) is 11.5 Å². The molecule has 5 nitrogen and oxygen atoms in total. The molecule has 114 valence electrons. The molecule has 1 aromatic carbocycles. The number of anilines is 2. The molecule has 0 unspecified atom stereocenters. The van der Waals surface area contributed by atoms with Crippen LogP contribution in [0, 0.1) is 6.92 Å². The number of benzene rings is 1. The van der Waals surface area contributed by atoms with Crippen molar-refractivity contribution < 1.29 is 0 Å². The molecule has 0 saturated carbocycles. The van der Waals surface area contributed by atoms with Crippen molar-refractivity contribution in [1.29, 1.82) is 0 Å². The van der Waals surface area contributed by atoms with Gasteiger partial charge in [-0.2, -0.15) is 5.10 Å². The van der Waals surface area contributed by atoms with Crippen LogP contribution in [-0.2, 0) is 0 Å². The number of aromatic nitrogens is 3. The molecule has 1 aliphatic rings. The van der Waals surface area contributed by atoms with Crippen molar-refractivity contribution in [3.63, 3.8) is 0 Å². The fourth-order valence-corrected chi connectivity index (χ4v) is 2.85. The molecule has 2 aromatic heterocycles. The third kappa shape index (κ3) is 2.46. The van der Waals surface area contributed by atoms with Gasteiger partial charge in [0.2, 0.25) is 0 Å². The fraction of sp³-hybridized carbons (Fsp3) is 0.111. The monoisotopic (exact) mass is 303 g/mol. The first kappa shape index (κ1) is 13.6. The highest BCUT2D eigenvalue weighted by Crippen LogP contribution is 2.32. The summed E-state index contributed by atoms with van der Waals surface area (Å²) in [6.45, 7) is 2.75. The summed E-state index contributed by atoms with van der Waals surface area (Å²) in [5.41, 5.74) is 12.1. The van der Waals surface area contributed by atoms with E-state index in [0.29, 0.717) is 0 Å². The van der Waals surface area contributed by atoms with Gasteiger partial charge in [-0.25, -0.2) is 4.68 Å². The predicted molar refractivity (Wildman–Crippen MR) is 93.7 cm³/mol. The lowest BCUT2D eigenvalue weighted by molar-refractivity contribution is 0.921. The van der Waals surface area contributed by atoms with E-state index in [9.17, 15) is 0 Å². The van der Waals surface area contributed by atoms with Crippen LogP contribution in [0.25, 0.3) is 22.9 Å². The zero-order valence-electron chi connectivity index (χ0n) is 12.8. The van der Waals surface area contributed by atoms with Crippen molar-refractivity contribution in [1.82, 2.24) is 14.8 Å². The van der Waals surface area contributed by atoms with E-state index in [1.165, 1.54) is 5.57 Å². The lowest BCUT2D eigenvalue weighted by atomic mass is 10.0. The van der Waals surface area contributed by atoms with Crippen LogP contribution in [0.3, 0.4) is 0 Å². The Bertz CT molecular complexity index is 907. The fourth-order valence-electron chi connectivity index (χ4n) is 2.85. The van der Waals surface area contributed by atoms with E-state index in [-0.39, 0.29) is 0 Å². The number of aryl methyl sites for hydroxylation is 1. The number of fused-ring (bicyclic) bond motifs is 1. The Morgan fingerprint density at radius 1 is 1.17 bits per heavy atom. The highest BCUT2D eigenvalue weighted by Gasteiger charge is 2.17. The van der Waals surface area contributed by atoms with Gasteiger partial charge in [-0.05, 0) is 47.9 Å². The molecule has 4 rings (SSSR count). The molecule has 0 fully saturated rings. The summed E-state index contributed by atoms with van der Waals surface area (Å²) in [4.78, 5) is 4.25. The van der Waals surface area contributed by atoms with E-state index in [0.717, 1.165) is 40.4 Å². The first-order valence-electron chi connectivity index (χ1n) is 7.52. The molecule has 3 heterocycles. The van der Waals surface area contributed by atoms with Crippen molar-refractivity contribution >= 4 is 23.3 Å². The Morgan fingerprint density at radius 3 is 2.91 bits per heavy atom. The van der Waals surface area contributed by atoms with Gasteiger partial charge in [-0.3, -0.25) is 4.98 Å². The van der Waals surface area contributed by atoms with Gasteiger partial charge in [0, 0.05) is 35.9 Å². The highest BCUT2D eigenvalue weighted by atomic mass is 15.3. The Labute approximate surface area is 134 Å². The number of rotatable bonds is 2. The SMILES string of the molecule is Cc1cc(C2=Cn3ncc(-c4cccc(N)c4)c3NC2)ccn1. The quantitative estimate of drug-likeness (QED) is 0.713. The minimum atomic E-state index is 0.752. The third-order valence-electron chi connectivity index (χ3n) is 3.98. The van der Waals surface area contributed by atoms with Gasteiger partial charge >= 0.3 is 0 Å². The summed E-state index contributed by atoms with van der Waals surface area (Å²) in [5, 5.41) is 7.95. The minimum absolute atomic E-state index is 0.752. The third-order valence-corrected chi connectivity index (χ3v) is 3.98. The van der Waals surface area contributed by atoms with Crippen molar-refractivity contribution in [2.24, 2.45) is 0 Å². The van der Waals surface area contributed by atoms with Crippen LogP contribution < -0.4 is 11.1 Å². The number of hydrogen-bond acceptors (Lipinski definition) is 4. The van der Waals surface area contributed by atoms with Crippen molar-refractivity contribution in [2.45, 2.75) is 6.92 Å². The van der Waals surface area contributed by atoms with Gasteiger partial charge in [0.15, 0.2) is 0 Å². The number of pyridine rings is 1. The zero-order valence-corrected chi connectivity index (χ0v) is 12.8. The topological polar surface area (TPSA) is 68.8 Å². The molecule has 0 atom stereocenters. The molecule has 0 bridgehead atoms. The lowest BCUT2D eigenvalue weighted by Crippen LogP contribution is -2.14. The summed E-state index contributed by atoms with van der Waals surface area (Å²) in [6, 6.07) is 12.0. The van der Waals surface area contributed by atoms with Crippen LogP contribution in [0.1, 0.15) is 11.3 Å². The highest BCUT2D eigenvalue weighted by molar-refractivity contribution is 5.86. The first-order valence-corrected chi connectivity index (χ1v) is 7.52. The lowest BCUT2D eigenvalue weighted by Gasteiger charge is -2.18. The number of nitrogens with one attached hydrogen (secondary N) is 1. The van der Waals surface area contributed by atoms with Crippen LogP contribution in [0.15, 0.2) is 48.8 Å². The van der Waals surface area contributed by atoms with Crippen LogP contribution in [-0.4, -0.2) is 21.3 Å². The Balaban J connectivity index is 1.75. The van der Waals surface area contributed by atoms with E-state index >= 15 is 0 Å². The predicted octanol–water partition coefficient (Wildman–Crippen LogP) is 3.26. The smallest absolute Gasteiger partial charge is 0.137 e. The number of nitrogen functional groups attached to an aromatic ring is 1. The molecule has 0 spiro atoms. The molecular formula is C18H17N5. The number of nitrogens with zero attached hydrogens (tertiary/aromatic N) is 3. The summed E-state index contributed by atoms with van der Waals surface area (Å²) >= 11 is 0. The van der Waals surface area contributed by atoms with E-state index in [1.54, 1.807) is 0 Å². The molecule has 0 aliphatic carbocycles.